The van der Waals surface area contributed by atoms with Gasteiger partial charge in [0.2, 0.25) is 15.9 Å². The largest absolute Gasteiger partial charge is 0.364 e. The van der Waals surface area contributed by atoms with Crippen molar-refractivity contribution >= 4 is 21.8 Å². The van der Waals surface area contributed by atoms with Crippen molar-refractivity contribution < 1.29 is 22.4 Å². The first-order valence-corrected chi connectivity index (χ1v) is 11.4. The molecule has 168 valence electrons. The molecule has 2 amide bonds. The molecular formula is C21H27FN4O4S. The van der Waals surface area contributed by atoms with Crippen molar-refractivity contribution in [2.24, 2.45) is 18.7 Å². The highest BCUT2D eigenvalue weighted by Gasteiger charge is 2.35. The van der Waals surface area contributed by atoms with E-state index in [1.165, 1.54) is 33.3 Å². The second-order valence-corrected chi connectivity index (χ2v) is 9.83. The van der Waals surface area contributed by atoms with Crippen molar-refractivity contribution in [3.8, 4) is 0 Å². The fourth-order valence-electron chi connectivity index (χ4n) is 3.86. The number of halogens is 1. The molecule has 0 aliphatic carbocycles. The van der Waals surface area contributed by atoms with Gasteiger partial charge in [0.15, 0.2) is 0 Å². The van der Waals surface area contributed by atoms with Crippen LogP contribution in [0.2, 0.25) is 0 Å². The maximum absolute atomic E-state index is 13.2. The molecule has 1 aromatic carbocycles. The first kappa shape index (κ1) is 23.0. The van der Waals surface area contributed by atoms with E-state index in [9.17, 15) is 22.4 Å². The molecule has 1 fully saturated rings. The third-order valence-electron chi connectivity index (χ3n) is 5.95. The smallest absolute Gasteiger partial charge is 0.265 e. The fraction of sp³-hybridized carbons (Fsp3) is 0.429. The molecule has 0 spiro atoms. The van der Waals surface area contributed by atoms with Gasteiger partial charge in [0, 0.05) is 39.3 Å². The zero-order valence-electron chi connectivity index (χ0n) is 17.8. The molecule has 2 N–H and O–H groups in total. The predicted molar refractivity (Wildman–Crippen MR) is 113 cm³/mol. The Morgan fingerprint density at radius 2 is 1.77 bits per heavy atom. The lowest BCUT2D eigenvalue weighted by atomic mass is 9.95. The van der Waals surface area contributed by atoms with Crippen molar-refractivity contribution in [1.82, 2.24) is 13.8 Å². The number of nitrogens with two attached hydrogens (primary N) is 1. The van der Waals surface area contributed by atoms with Crippen molar-refractivity contribution in [3.63, 3.8) is 0 Å². The molecule has 1 aliphatic rings. The van der Waals surface area contributed by atoms with Crippen LogP contribution >= 0.6 is 0 Å². The molecule has 0 bridgehead atoms. The summed E-state index contributed by atoms with van der Waals surface area (Å²) in [6.07, 6.45) is 2.16. The number of carbonyl (C=O) groups excluding carboxylic acids is 2. The number of hydrogen-bond acceptors (Lipinski definition) is 4. The molecule has 31 heavy (non-hydrogen) atoms. The van der Waals surface area contributed by atoms with E-state index in [0.29, 0.717) is 12.8 Å². The van der Waals surface area contributed by atoms with E-state index in [1.807, 2.05) is 6.92 Å². The van der Waals surface area contributed by atoms with Crippen LogP contribution in [-0.4, -0.2) is 54.1 Å². The van der Waals surface area contributed by atoms with E-state index in [-0.39, 0.29) is 47.4 Å². The van der Waals surface area contributed by atoms with Crippen LogP contribution < -0.4 is 5.73 Å². The molecule has 0 radical (unpaired) electrons. The summed E-state index contributed by atoms with van der Waals surface area (Å²) in [5.41, 5.74) is 6.21. The highest BCUT2D eigenvalue weighted by atomic mass is 32.2. The molecule has 1 aromatic heterocycles. The molecule has 1 aliphatic heterocycles. The van der Waals surface area contributed by atoms with E-state index in [1.54, 1.807) is 31.1 Å². The minimum atomic E-state index is -3.79. The molecule has 1 atom stereocenters. The lowest BCUT2D eigenvalue weighted by molar-refractivity contribution is -0.137. The lowest BCUT2D eigenvalue weighted by Crippen LogP contribution is -2.43. The highest BCUT2D eigenvalue weighted by molar-refractivity contribution is 7.89. The molecule has 2 aromatic rings. The third-order valence-corrected chi connectivity index (χ3v) is 7.82. The number of sulfonamides is 1. The van der Waals surface area contributed by atoms with Gasteiger partial charge in [0.1, 0.15) is 16.4 Å². The Morgan fingerprint density at radius 1 is 1.19 bits per heavy atom. The van der Waals surface area contributed by atoms with E-state index in [4.69, 9.17) is 5.73 Å². The minimum absolute atomic E-state index is 0.00984. The summed E-state index contributed by atoms with van der Waals surface area (Å²) < 4.78 is 41.8. The summed E-state index contributed by atoms with van der Waals surface area (Å²) in [5, 5.41) is 0. The van der Waals surface area contributed by atoms with Gasteiger partial charge >= 0.3 is 0 Å². The number of rotatable bonds is 6. The average molecular weight is 451 g/mol. The normalized spacial score (nSPS) is 16.8. The Morgan fingerprint density at radius 3 is 2.29 bits per heavy atom. The van der Waals surface area contributed by atoms with E-state index < -0.39 is 15.9 Å². The average Bonchev–Trinajstić information content (AvgIpc) is 3.15. The SMILES string of the molecule is CC(c1ccc(F)cc1)N(C)C(=O)C1CCN(S(=O)(=O)c2cc(C(N)=O)n(C)c2)CC1. The Bertz CT molecular complexity index is 1070. The highest BCUT2D eigenvalue weighted by Crippen LogP contribution is 2.28. The van der Waals surface area contributed by atoms with Gasteiger partial charge in [-0.2, -0.15) is 4.31 Å². The maximum Gasteiger partial charge on any atom is 0.265 e. The zero-order chi connectivity index (χ0) is 22.9. The van der Waals surface area contributed by atoms with Crippen LogP contribution in [0.25, 0.3) is 0 Å². The Labute approximate surface area is 181 Å². The summed E-state index contributed by atoms with van der Waals surface area (Å²) in [4.78, 5) is 26.0. The van der Waals surface area contributed by atoms with Crippen LogP contribution in [-0.2, 0) is 21.9 Å². The van der Waals surface area contributed by atoms with Crippen molar-refractivity contribution in [3.05, 3.63) is 53.6 Å². The van der Waals surface area contributed by atoms with Crippen LogP contribution in [0.4, 0.5) is 4.39 Å². The Kier molecular flexibility index (Phi) is 6.51. The maximum atomic E-state index is 13.2. The molecule has 2 heterocycles. The third kappa shape index (κ3) is 4.64. The number of benzene rings is 1. The van der Waals surface area contributed by atoms with Gasteiger partial charge in [-0.05, 0) is 43.5 Å². The second kappa shape index (κ2) is 8.80. The quantitative estimate of drug-likeness (QED) is 0.725. The van der Waals surface area contributed by atoms with Gasteiger partial charge in [0.25, 0.3) is 5.91 Å². The summed E-state index contributed by atoms with van der Waals surface area (Å²) in [7, 11) is -0.525. The van der Waals surface area contributed by atoms with Gasteiger partial charge in [-0.25, -0.2) is 12.8 Å². The molecule has 10 heteroatoms. The van der Waals surface area contributed by atoms with Crippen LogP contribution in [0, 0.1) is 11.7 Å². The number of hydrogen-bond donors (Lipinski definition) is 1. The minimum Gasteiger partial charge on any atom is -0.364 e. The van der Waals surface area contributed by atoms with Crippen LogP contribution in [0.3, 0.4) is 0 Å². The van der Waals surface area contributed by atoms with E-state index in [2.05, 4.69) is 0 Å². The topological polar surface area (TPSA) is 106 Å². The summed E-state index contributed by atoms with van der Waals surface area (Å²) in [6.45, 7) is 2.28. The predicted octanol–water partition coefficient (Wildman–Crippen LogP) is 1.88. The molecule has 1 saturated heterocycles. The van der Waals surface area contributed by atoms with Crippen LogP contribution in [0.5, 0.6) is 0 Å². The number of aryl methyl sites for hydroxylation is 1. The standard InChI is InChI=1S/C21H27FN4O4S/c1-14(15-4-6-17(22)7-5-15)25(3)21(28)16-8-10-26(11-9-16)31(29,30)18-12-19(20(23)27)24(2)13-18/h4-7,12-14,16H,8-11H2,1-3H3,(H2,23,27). The Balaban J connectivity index is 1.65. The first-order chi connectivity index (χ1) is 14.5. The first-order valence-electron chi connectivity index (χ1n) is 10.0. The number of primary amides is 1. The molecule has 8 nitrogen and oxygen atoms in total. The molecule has 0 saturated carbocycles. The lowest BCUT2D eigenvalue weighted by Gasteiger charge is -2.34. The number of aromatic nitrogens is 1. The summed E-state index contributed by atoms with van der Waals surface area (Å²) in [5.74, 6) is -1.40. The van der Waals surface area contributed by atoms with Crippen molar-refractivity contribution in [2.45, 2.75) is 30.7 Å². The molecular weight excluding hydrogens is 423 g/mol. The number of nitrogens with zero attached hydrogens (tertiary/aromatic N) is 3. The van der Waals surface area contributed by atoms with E-state index in [0.717, 1.165) is 5.56 Å². The van der Waals surface area contributed by atoms with Gasteiger partial charge in [-0.15, -0.1) is 0 Å². The summed E-state index contributed by atoms with van der Waals surface area (Å²) in [6, 6.07) is 7.07. The van der Waals surface area contributed by atoms with Crippen LogP contribution in [0.15, 0.2) is 41.4 Å². The Hall–Kier alpha value is -2.72. The molecule has 3 rings (SSSR count). The van der Waals surface area contributed by atoms with E-state index >= 15 is 0 Å². The van der Waals surface area contributed by atoms with Gasteiger partial charge in [0.05, 0.1) is 6.04 Å². The monoisotopic (exact) mass is 450 g/mol. The van der Waals surface area contributed by atoms with Crippen LogP contribution in [0.1, 0.15) is 41.9 Å². The van der Waals surface area contributed by atoms with Gasteiger partial charge < -0.3 is 15.2 Å². The van der Waals surface area contributed by atoms with Gasteiger partial charge in [-0.1, -0.05) is 12.1 Å². The zero-order valence-corrected chi connectivity index (χ0v) is 18.6. The summed E-state index contributed by atoms with van der Waals surface area (Å²) >= 11 is 0. The van der Waals surface area contributed by atoms with Crippen molar-refractivity contribution in [1.29, 1.82) is 0 Å². The molecule has 1 unspecified atom stereocenters. The second-order valence-electron chi connectivity index (χ2n) is 7.89. The van der Waals surface area contributed by atoms with Crippen molar-refractivity contribution in [2.75, 3.05) is 20.1 Å². The van der Waals surface area contributed by atoms with Gasteiger partial charge in [-0.3, -0.25) is 9.59 Å². The number of piperidine rings is 1. The number of carbonyl (C=O) groups is 2. The number of amides is 2. The fourth-order valence-corrected chi connectivity index (χ4v) is 5.40.